The van der Waals surface area contributed by atoms with E-state index in [9.17, 15) is 4.57 Å². The smallest absolute Gasteiger partial charge is 0.343 e. The molecule has 0 fully saturated rings. The molecule has 134 valence electrons. The first-order valence-corrected chi connectivity index (χ1v) is 10.8. The van der Waals surface area contributed by atoms with Crippen molar-refractivity contribution in [1.82, 2.24) is 9.76 Å². The molecule has 0 saturated carbocycles. The first-order chi connectivity index (χ1) is 10.6. The second kappa shape index (κ2) is 15.2. The fraction of sp³-hybridized carbons (Fsp3) is 1.00. The van der Waals surface area contributed by atoms with Gasteiger partial charge in [0.2, 0.25) is 0 Å². The van der Waals surface area contributed by atoms with Crippen LogP contribution >= 0.6 is 30.9 Å². The number of alkyl halides is 2. The molecule has 0 spiro atoms. The lowest BCUT2D eigenvalue weighted by atomic mass is 10.1. The monoisotopic (exact) mass is 376 g/mol. The van der Waals surface area contributed by atoms with E-state index in [2.05, 4.69) is 12.0 Å². The summed E-state index contributed by atoms with van der Waals surface area (Å²) in [6.45, 7) is 3.60. The van der Waals surface area contributed by atoms with E-state index < -0.39 is 7.67 Å². The summed E-state index contributed by atoms with van der Waals surface area (Å²) in [6.07, 6.45) is 6.86. The molecule has 1 unspecified atom stereocenters. The van der Waals surface area contributed by atoms with E-state index in [0.29, 0.717) is 31.5 Å². The molecule has 0 aliphatic heterocycles. The lowest BCUT2D eigenvalue weighted by Crippen LogP contribution is -2.33. The third-order valence-electron chi connectivity index (χ3n) is 3.25. The average Bonchev–Trinajstić information content (AvgIpc) is 2.52. The Labute approximate surface area is 145 Å². The second-order valence-electron chi connectivity index (χ2n) is 5.08. The molecule has 0 aliphatic rings. The van der Waals surface area contributed by atoms with E-state index in [-0.39, 0.29) is 13.2 Å². The van der Waals surface area contributed by atoms with Crippen molar-refractivity contribution in [2.75, 3.05) is 44.6 Å². The number of aliphatic hydroxyl groups excluding tert-OH is 1. The number of rotatable bonds is 16. The van der Waals surface area contributed by atoms with Gasteiger partial charge in [0.25, 0.3) is 0 Å². The van der Waals surface area contributed by atoms with E-state index in [1.54, 1.807) is 4.67 Å². The Balaban J connectivity index is 4.31. The van der Waals surface area contributed by atoms with Crippen molar-refractivity contribution in [3.63, 3.8) is 0 Å². The van der Waals surface area contributed by atoms with Gasteiger partial charge in [-0.2, -0.15) is 0 Å². The summed E-state index contributed by atoms with van der Waals surface area (Å²) >= 11 is 11.5. The fourth-order valence-corrected chi connectivity index (χ4v) is 4.64. The molecule has 1 atom stereocenters. The van der Waals surface area contributed by atoms with E-state index in [1.807, 2.05) is 0 Å². The Morgan fingerprint density at radius 3 is 2.23 bits per heavy atom. The molecule has 22 heavy (non-hydrogen) atoms. The maximum absolute atomic E-state index is 13.0. The minimum atomic E-state index is -3.19. The Bertz CT molecular complexity index is 293. The molecule has 0 bridgehead atoms. The van der Waals surface area contributed by atoms with Crippen molar-refractivity contribution < 1.29 is 14.2 Å². The van der Waals surface area contributed by atoms with Gasteiger partial charge in [0.1, 0.15) is 0 Å². The molecule has 0 aromatic heterocycles. The van der Waals surface area contributed by atoms with Crippen LogP contribution in [0.5, 0.6) is 0 Å². The molecule has 0 aromatic carbocycles. The van der Waals surface area contributed by atoms with Crippen LogP contribution in [0.3, 0.4) is 0 Å². The zero-order valence-corrected chi connectivity index (χ0v) is 16.0. The quantitative estimate of drug-likeness (QED) is 0.243. The molecule has 0 radical (unpaired) electrons. The number of unbranched alkanes of at least 4 members (excludes halogenated alkanes) is 5. The maximum Gasteiger partial charge on any atom is 0.343 e. The Kier molecular flexibility index (Phi) is 15.6. The number of hydrogen-bond acceptors (Lipinski definition) is 3. The Morgan fingerprint density at radius 1 is 1.09 bits per heavy atom. The number of nitrogens with zero attached hydrogens (tertiary/aromatic N) is 1. The minimum Gasteiger partial charge on any atom is -0.395 e. The third kappa shape index (κ3) is 10.4. The lowest BCUT2D eigenvalue weighted by Gasteiger charge is -2.30. The second-order valence-corrected chi connectivity index (χ2v) is 8.02. The molecule has 0 amide bonds. The fourth-order valence-electron chi connectivity index (χ4n) is 2.06. The van der Waals surface area contributed by atoms with Gasteiger partial charge in [-0.25, -0.2) is 9.76 Å². The average molecular weight is 377 g/mol. The summed E-state index contributed by atoms with van der Waals surface area (Å²) in [4.78, 5) is 0. The first kappa shape index (κ1) is 22.6. The van der Waals surface area contributed by atoms with E-state index in [1.165, 1.54) is 25.7 Å². The number of aliphatic hydroxyl groups is 1. The van der Waals surface area contributed by atoms with Gasteiger partial charge in [-0.05, 0) is 6.42 Å². The van der Waals surface area contributed by atoms with Crippen molar-refractivity contribution in [3.8, 4) is 0 Å². The van der Waals surface area contributed by atoms with Gasteiger partial charge >= 0.3 is 7.67 Å². The standard InChI is InChI=1S/C14H31Cl2N2O3P/c1-2-3-4-5-6-7-14-21-22(20,17-10-13-19)18(11-8-15)12-9-16/h19H,2-14H2,1H3,(H,17,20). The lowest BCUT2D eigenvalue weighted by molar-refractivity contribution is 0.241. The Morgan fingerprint density at radius 2 is 1.68 bits per heavy atom. The largest absolute Gasteiger partial charge is 0.395 e. The van der Waals surface area contributed by atoms with Crippen LogP contribution in [-0.2, 0) is 9.09 Å². The van der Waals surface area contributed by atoms with Crippen molar-refractivity contribution in [1.29, 1.82) is 0 Å². The highest BCUT2D eigenvalue weighted by Crippen LogP contribution is 2.46. The topological polar surface area (TPSA) is 61.8 Å². The van der Waals surface area contributed by atoms with Crippen molar-refractivity contribution in [3.05, 3.63) is 0 Å². The highest BCUT2D eigenvalue weighted by Gasteiger charge is 2.30. The van der Waals surface area contributed by atoms with Gasteiger partial charge in [-0.15, -0.1) is 23.2 Å². The molecule has 0 heterocycles. The van der Waals surface area contributed by atoms with Crippen molar-refractivity contribution in [2.24, 2.45) is 0 Å². The third-order valence-corrected chi connectivity index (χ3v) is 5.88. The zero-order chi connectivity index (χ0) is 16.7. The molecule has 5 nitrogen and oxygen atoms in total. The summed E-state index contributed by atoms with van der Waals surface area (Å²) in [5, 5.41) is 11.8. The Hall–Kier alpha value is 0.650. The SMILES string of the molecule is CCCCCCCCOP(=O)(NCCO)N(CCCl)CCCl. The van der Waals surface area contributed by atoms with Crippen LogP contribution in [-0.4, -0.2) is 54.4 Å². The van der Waals surface area contributed by atoms with Gasteiger partial charge in [0.15, 0.2) is 0 Å². The van der Waals surface area contributed by atoms with Gasteiger partial charge in [-0.1, -0.05) is 39.0 Å². The summed E-state index contributed by atoms with van der Waals surface area (Å²) in [5.41, 5.74) is 0. The molecule has 0 aromatic rings. The summed E-state index contributed by atoms with van der Waals surface area (Å²) < 4.78 is 20.3. The van der Waals surface area contributed by atoms with Crippen LogP contribution in [0.1, 0.15) is 45.4 Å². The number of nitrogens with one attached hydrogen (secondary N) is 1. The maximum atomic E-state index is 13.0. The van der Waals surface area contributed by atoms with E-state index in [0.717, 1.165) is 12.8 Å². The molecule has 0 saturated heterocycles. The summed E-state index contributed by atoms with van der Waals surface area (Å²) in [5.74, 6) is 0.699. The minimum absolute atomic E-state index is 0.0973. The normalized spacial score (nSPS) is 14.4. The van der Waals surface area contributed by atoms with Gasteiger partial charge in [0.05, 0.1) is 13.2 Å². The molecule has 0 rings (SSSR count). The highest BCUT2D eigenvalue weighted by molar-refractivity contribution is 7.54. The van der Waals surface area contributed by atoms with Crippen LogP contribution < -0.4 is 5.09 Å². The predicted octanol–water partition coefficient (Wildman–Crippen LogP) is 3.83. The summed E-state index contributed by atoms with van der Waals surface area (Å²) in [6, 6.07) is 0. The number of halogens is 2. The predicted molar refractivity (Wildman–Crippen MR) is 95.0 cm³/mol. The molecule has 0 aliphatic carbocycles. The van der Waals surface area contributed by atoms with Gasteiger partial charge < -0.3 is 9.63 Å². The van der Waals surface area contributed by atoms with Crippen LogP contribution in [0.2, 0.25) is 0 Å². The molecule has 2 N–H and O–H groups in total. The van der Waals surface area contributed by atoms with E-state index in [4.69, 9.17) is 32.8 Å². The van der Waals surface area contributed by atoms with Crippen molar-refractivity contribution >= 4 is 30.9 Å². The first-order valence-electron chi connectivity index (χ1n) is 8.12. The van der Waals surface area contributed by atoms with Crippen LogP contribution in [0.4, 0.5) is 0 Å². The van der Waals surface area contributed by atoms with Crippen LogP contribution in [0.15, 0.2) is 0 Å². The summed E-state index contributed by atoms with van der Waals surface area (Å²) in [7, 11) is -3.19. The van der Waals surface area contributed by atoms with E-state index >= 15 is 0 Å². The number of hydrogen-bond donors (Lipinski definition) is 2. The molecule has 8 heteroatoms. The molecular weight excluding hydrogens is 346 g/mol. The zero-order valence-electron chi connectivity index (χ0n) is 13.6. The molecular formula is C14H31Cl2N2O3P. The highest BCUT2D eigenvalue weighted by atomic mass is 35.5. The van der Waals surface area contributed by atoms with Gasteiger partial charge in [0, 0.05) is 31.4 Å². The van der Waals surface area contributed by atoms with Crippen LogP contribution in [0.25, 0.3) is 0 Å². The van der Waals surface area contributed by atoms with Crippen LogP contribution in [0, 0.1) is 0 Å². The van der Waals surface area contributed by atoms with Gasteiger partial charge in [-0.3, -0.25) is 4.57 Å². The van der Waals surface area contributed by atoms with Crippen molar-refractivity contribution in [2.45, 2.75) is 45.4 Å².